The zero-order valence-corrected chi connectivity index (χ0v) is 20.1. The van der Waals surface area contributed by atoms with Gasteiger partial charge in [0, 0.05) is 19.2 Å². The average Bonchev–Trinajstić information content (AvgIpc) is 3.48. The Morgan fingerprint density at radius 2 is 1.94 bits per heavy atom. The van der Waals surface area contributed by atoms with Crippen LogP contribution in [0.25, 0.3) is 5.69 Å². The van der Waals surface area contributed by atoms with E-state index in [9.17, 15) is 13.9 Å². The summed E-state index contributed by atoms with van der Waals surface area (Å²) in [5.41, 5.74) is 2.12. The monoisotopic (exact) mass is 493 g/mol. The Balaban J connectivity index is 1.71. The van der Waals surface area contributed by atoms with E-state index < -0.39 is 17.7 Å². The van der Waals surface area contributed by atoms with Crippen molar-refractivity contribution in [1.82, 2.24) is 14.7 Å². The molecule has 188 valence electrons. The standard InChI is InChI=1S/C28H29F2N3O3/c1-3-4-11-23(34)17-32(18-24-12-8-15-35-24)19-25-20(2)31-33(22-9-6-5-7-10-22)28(25)36-27-14-13-21(29)16-26(27)30/h3,5-10,12-16,23,34H,1,4,11,17-19H2,2H3/t23-/m1/s1. The topological polar surface area (TPSA) is 63.7 Å². The Labute approximate surface area is 209 Å². The van der Waals surface area contributed by atoms with Crippen LogP contribution >= 0.6 is 0 Å². The Hall–Kier alpha value is -3.75. The minimum atomic E-state index is -0.813. The van der Waals surface area contributed by atoms with Gasteiger partial charge in [-0.3, -0.25) is 4.90 Å². The van der Waals surface area contributed by atoms with Crippen LogP contribution in [0, 0.1) is 18.6 Å². The Morgan fingerprint density at radius 1 is 1.14 bits per heavy atom. The predicted molar refractivity (Wildman–Crippen MR) is 133 cm³/mol. The molecule has 8 heteroatoms. The number of benzene rings is 2. The molecule has 2 aromatic carbocycles. The molecule has 0 fully saturated rings. The number of aliphatic hydroxyl groups is 1. The first kappa shape index (κ1) is 25.3. The highest BCUT2D eigenvalue weighted by Crippen LogP contribution is 2.33. The lowest BCUT2D eigenvalue weighted by Crippen LogP contribution is -2.32. The first-order valence-corrected chi connectivity index (χ1v) is 11.7. The summed E-state index contributed by atoms with van der Waals surface area (Å²) >= 11 is 0. The van der Waals surface area contributed by atoms with Crippen LogP contribution in [-0.2, 0) is 13.1 Å². The van der Waals surface area contributed by atoms with Gasteiger partial charge in [-0.15, -0.1) is 6.58 Å². The van der Waals surface area contributed by atoms with Gasteiger partial charge in [0.1, 0.15) is 11.6 Å². The van der Waals surface area contributed by atoms with Gasteiger partial charge in [0.2, 0.25) is 5.88 Å². The van der Waals surface area contributed by atoms with Crippen molar-refractivity contribution in [3.63, 3.8) is 0 Å². The number of allylic oxidation sites excluding steroid dienone is 1. The van der Waals surface area contributed by atoms with E-state index in [0.717, 1.165) is 23.6 Å². The van der Waals surface area contributed by atoms with E-state index in [0.29, 0.717) is 49.6 Å². The zero-order chi connectivity index (χ0) is 25.5. The lowest BCUT2D eigenvalue weighted by molar-refractivity contribution is 0.0939. The van der Waals surface area contributed by atoms with Crippen molar-refractivity contribution < 1.29 is 23.0 Å². The summed E-state index contributed by atoms with van der Waals surface area (Å²) in [6.07, 6.45) is 4.06. The SMILES string of the molecule is C=CCC[C@@H](O)CN(Cc1ccco1)Cc1c(C)nn(-c2ccccc2)c1Oc1ccc(F)cc1F. The lowest BCUT2D eigenvalue weighted by atomic mass is 10.1. The Bertz CT molecular complexity index is 1270. The van der Waals surface area contributed by atoms with Crippen molar-refractivity contribution in [3.05, 3.63) is 108 Å². The molecule has 0 aliphatic rings. The Kier molecular flexibility index (Phi) is 8.30. The number of aliphatic hydroxyl groups excluding tert-OH is 1. The highest BCUT2D eigenvalue weighted by molar-refractivity contribution is 5.43. The molecule has 0 aliphatic heterocycles. The van der Waals surface area contributed by atoms with E-state index in [1.807, 2.05) is 54.3 Å². The van der Waals surface area contributed by atoms with Gasteiger partial charge in [-0.25, -0.2) is 13.5 Å². The number of para-hydroxylation sites is 1. The van der Waals surface area contributed by atoms with Crippen LogP contribution in [0.3, 0.4) is 0 Å². The maximum absolute atomic E-state index is 14.6. The third-order valence-corrected chi connectivity index (χ3v) is 5.75. The van der Waals surface area contributed by atoms with Gasteiger partial charge in [0.05, 0.1) is 35.9 Å². The van der Waals surface area contributed by atoms with E-state index >= 15 is 0 Å². The summed E-state index contributed by atoms with van der Waals surface area (Å²) in [5.74, 6) is -0.559. The van der Waals surface area contributed by atoms with Crippen LogP contribution in [-0.4, -0.2) is 32.4 Å². The van der Waals surface area contributed by atoms with Crippen molar-refractivity contribution in [2.75, 3.05) is 6.54 Å². The van der Waals surface area contributed by atoms with Gasteiger partial charge in [0.25, 0.3) is 0 Å². The second-order valence-corrected chi connectivity index (χ2v) is 8.56. The zero-order valence-electron chi connectivity index (χ0n) is 20.1. The van der Waals surface area contributed by atoms with Crippen molar-refractivity contribution in [2.45, 2.75) is 39.0 Å². The number of furan rings is 1. The number of aryl methyl sites for hydroxylation is 1. The molecule has 0 radical (unpaired) electrons. The molecule has 0 bridgehead atoms. The van der Waals surface area contributed by atoms with Gasteiger partial charge < -0.3 is 14.3 Å². The number of hydrogen-bond acceptors (Lipinski definition) is 5. The summed E-state index contributed by atoms with van der Waals surface area (Å²) < 4.78 is 41.3. The van der Waals surface area contributed by atoms with E-state index in [2.05, 4.69) is 11.7 Å². The third kappa shape index (κ3) is 6.27. The highest BCUT2D eigenvalue weighted by atomic mass is 19.1. The second kappa shape index (κ2) is 11.8. The molecular formula is C28H29F2N3O3. The van der Waals surface area contributed by atoms with E-state index in [4.69, 9.17) is 9.15 Å². The molecule has 6 nitrogen and oxygen atoms in total. The number of halogens is 2. The summed E-state index contributed by atoms with van der Waals surface area (Å²) in [5, 5.41) is 15.3. The van der Waals surface area contributed by atoms with Crippen molar-refractivity contribution in [1.29, 1.82) is 0 Å². The first-order valence-electron chi connectivity index (χ1n) is 11.7. The van der Waals surface area contributed by atoms with Crippen LogP contribution in [0.2, 0.25) is 0 Å². The molecule has 4 aromatic rings. The average molecular weight is 494 g/mol. The molecule has 1 atom stereocenters. The fourth-order valence-electron chi connectivity index (χ4n) is 3.96. The van der Waals surface area contributed by atoms with Crippen LogP contribution in [0.15, 0.2) is 84.0 Å². The van der Waals surface area contributed by atoms with Crippen molar-refractivity contribution in [2.24, 2.45) is 0 Å². The molecule has 0 saturated heterocycles. The summed E-state index contributed by atoms with van der Waals surface area (Å²) in [6.45, 7) is 6.74. The Morgan fingerprint density at radius 3 is 2.64 bits per heavy atom. The van der Waals surface area contributed by atoms with Gasteiger partial charge in [-0.05, 0) is 56.2 Å². The van der Waals surface area contributed by atoms with Crippen LogP contribution in [0.4, 0.5) is 8.78 Å². The van der Waals surface area contributed by atoms with Gasteiger partial charge in [0.15, 0.2) is 11.6 Å². The van der Waals surface area contributed by atoms with E-state index in [1.54, 1.807) is 17.0 Å². The van der Waals surface area contributed by atoms with E-state index in [1.165, 1.54) is 6.07 Å². The normalized spacial score (nSPS) is 12.1. The molecular weight excluding hydrogens is 464 g/mol. The smallest absolute Gasteiger partial charge is 0.227 e. The van der Waals surface area contributed by atoms with Gasteiger partial charge in [-0.1, -0.05) is 24.3 Å². The number of nitrogens with zero attached hydrogens (tertiary/aromatic N) is 3. The fourth-order valence-corrected chi connectivity index (χ4v) is 3.96. The van der Waals surface area contributed by atoms with Crippen LogP contribution in [0.5, 0.6) is 11.6 Å². The maximum atomic E-state index is 14.6. The molecule has 0 saturated carbocycles. The summed E-state index contributed by atoms with van der Waals surface area (Å²) in [4.78, 5) is 2.03. The second-order valence-electron chi connectivity index (χ2n) is 8.56. The minimum absolute atomic E-state index is 0.113. The number of rotatable bonds is 12. The predicted octanol–water partition coefficient (Wildman–Crippen LogP) is 6.17. The molecule has 2 aromatic heterocycles. The molecule has 4 rings (SSSR count). The molecule has 0 aliphatic carbocycles. The minimum Gasteiger partial charge on any atom is -0.468 e. The van der Waals surface area contributed by atoms with Crippen molar-refractivity contribution >= 4 is 0 Å². The molecule has 36 heavy (non-hydrogen) atoms. The summed E-state index contributed by atoms with van der Waals surface area (Å²) in [6, 6.07) is 16.2. The highest BCUT2D eigenvalue weighted by Gasteiger charge is 2.24. The largest absolute Gasteiger partial charge is 0.468 e. The molecule has 1 N–H and O–H groups in total. The number of hydrogen-bond donors (Lipinski definition) is 1. The van der Waals surface area contributed by atoms with Crippen LogP contribution < -0.4 is 4.74 Å². The number of aromatic nitrogens is 2. The summed E-state index contributed by atoms with van der Waals surface area (Å²) in [7, 11) is 0. The van der Waals surface area contributed by atoms with E-state index in [-0.39, 0.29) is 5.75 Å². The maximum Gasteiger partial charge on any atom is 0.227 e. The van der Waals surface area contributed by atoms with Crippen molar-refractivity contribution in [3.8, 4) is 17.3 Å². The molecule has 0 unspecified atom stereocenters. The molecule has 2 heterocycles. The molecule has 0 amide bonds. The van der Waals surface area contributed by atoms with Gasteiger partial charge >= 0.3 is 0 Å². The third-order valence-electron chi connectivity index (χ3n) is 5.75. The van der Waals surface area contributed by atoms with Gasteiger partial charge in [-0.2, -0.15) is 5.10 Å². The number of ether oxygens (including phenoxy) is 1. The quantitative estimate of drug-likeness (QED) is 0.239. The lowest BCUT2D eigenvalue weighted by Gasteiger charge is -2.24. The molecule has 0 spiro atoms. The first-order chi connectivity index (χ1) is 17.4. The van der Waals surface area contributed by atoms with Crippen LogP contribution in [0.1, 0.15) is 29.9 Å². The fraction of sp³-hybridized carbons (Fsp3) is 0.250.